The summed E-state index contributed by atoms with van der Waals surface area (Å²) in [5, 5.41) is 4.39. The van der Waals surface area contributed by atoms with Crippen molar-refractivity contribution in [2.75, 3.05) is 24.2 Å². The summed E-state index contributed by atoms with van der Waals surface area (Å²) in [6.45, 7) is 1.35. The molecule has 7 nitrogen and oxygen atoms in total. The molecule has 0 spiro atoms. The summed E-state index contributed by atoms with van der Waals surface area (Å²) >= 11 is 5.99. The lowest BCUT2D eigenvalue weighted by Crippen LogP contribution is -2.39. The number of hydrazone groups is 1. The van der Waals surface area contributed by atoms with E-state index in [0.717, 1.165) is 22.7 Å². The van der Waals surface area contributed by atoms with Gasteiger partial charge in [0, 0.05) is 10.7 Å². The second-order valence-electron chi connectivity index (χ2n) is 6.45. The molecule has 9 heteroatoms. The van der Waals surface area contributed by atoms with E-state index in [1.807, 2.05) is 30.3 Å². The third kappa shape index (κ3) is 7.07. The van der Waals surface area contributed by atoms with Crippen molar-refractivity contribution in [3.8, 4) is 5.75 Å². The molecule has 0 saturated heterocycles. The summed E-state index contributed by atoms with van der Waals surface area (Å²) in [4.78, 5) is 12.3. The molecule has 0 aliphatic heterocycles. The molecular weight excluding hydrogens is 414 g/mol. The van der Waals surface area contributed by atoms with Gasteiger partial charge in [-0.1, -0.05) is 41.9 Å². The highest BCUT2D eigenvalue weighted by molar-refractivity contribution is 7.92. The molecule has 1 amide bonds. The number of amides is 1. The van der Waals surface area contributed by atoms with E-state index in [4.69, 9.17) is 16.3 Å². The number of anilines is 1. The molecule has 2 aromatic rings. The van der Waals surface area contributed by atoms with Gasteiger partial charge in [-0.2, -0.15) is 5.10 Å². The van der Waals surface area contributed by atoms with Crippen molar-refractivity contribution in [2.24, 2.45) is 5.10 Å². The monoisotopic (exact) mass is 437 g/mol. The van der Waals surface area contributed by atoms with Crippen LogP contribution < -0.4 is 14.5 Å². The van der Waals surface area contributed by atoms with Gasteiger partial charge >= 0.3 is 0 Å². The molecule has 0 atom stereocenters. The Morgan fingerprint density at radius 1 is 1.21 bits per heavy atom. The smallest absolute Gasteiger partial charge is 0.260 e. The van der Waals surface area contributed by atoms with Crippen molar-refractivity contribution in [1.82, 2.24) is 5.43 Å². The van der Waals surface area contributed by atoms with Crippen LogP contribution in [-0.2, 0) is 21.2 Å². The predicted molar refractivity (Wildman–Crippen MR) is 116 cm³/mol. The number of benzene rings is 2. The van der Waals surface area contributed by atoms with Gasteiger partial charge in [0.25, 0.3) is 5.91 Å². The Morgan fingerprint density at radius 2 is 1.90 bits per heavy atom. The van der Waals surface area contributed by atoms with Gasteiger partial charge in [-0.15, -0.1) is 0 Å². The fraction of sp³-hybridized carbons (Fsp3) is 0.300. The zero-order valence-electron chi connectivity index (χ0n) is 16.6. The first-order valence-corrected chi connectivity index (χ1v) is 11.1. The Balaban J connectivity index is 2.06. The number of sulfonamides is 1. The van der Waals surface area contributed by atoms with Gasteiger partial charge < -0.3 is 4.74 Å². The number of aryl methyl sites for hydroxylation is 1. The maximum absolute atomic E-state index is 12.3. The van der Waals surface area contributed by atoms with Crippen molar-refractivity contribution in [3.05, 3.63) is 59.1 Å². The highest BCUT2D eigenvalue weighted by atomic mass is 35.5. The van der Waals surface area contributed by atoms with Crippen LogP contribution in [0.2, 0.25) is 5.02 Å². The first-order chi connectivity index (χ1) is 13.7. The normalized spacial score (nSPS) is 11.8. The molecule has 2 aromatic carbocycles. The average molecular weight is 438 g/mol. The lowest BCUT2D eigenvalue weighted by atomic mass is 10.1. The zero-order valence-corrected chi connectivity index (χ0v) is 18.1. The lowest BCUT2D eigenvalue weighted by Gasteiger charge is -2.23. The minimum Gasteiger partial charge on any atom is -0.495 e. The van der Waals surface area contributed by atoms with Crippen molar-refractivity contribution >= 4 is 38.9 Å². The van der Waals surface area contributed by atoms with Crippen LogP contribution in [0.1, 0.15) is 18.9 Å². The van der Waals surface area contributed by atoms with E-state index in [2.05, 4.69) is 10.5 Å². The summed E-state index contributed by atoms with van der Waals surface area (Å²) in [6.07, 6.45) is 2.47. The minimum absolute atomic E-state index is 0.183. The molecule has 0 unspecified atom stereocenters. The van der Waals surface area contributed by atoms with Crippen LogP contribution in [0, 0.1) is 0 Å². The number of ether oxygens (including phenoxy) is 1. The Morgan fingerprint density at radius 3 is 2.52 bits per heavy atom. The number of carbonyl (C=O) groups is 1. The van der Waals surface area contributed by atoms with Gasteiger partial charge in [0.1, 0.15) is 12.3 Å². The van der Waals surface area contributed by atoms with Crippen LogP contribution in [0.25, 0.3) is 0 Å². The van der Waals surface area contributed by atoms with Crippen molar-refractivity contribution in [1.29, 1.82) is 0 Å². The summed E-state index contributed by atoms with van der Waals surface area (Å²) in [5.74, 6) is -0.285. The molecule has 29 heavy (non-hydrogen) atoms. The average Bonchev–Trinajstić information content (AvgIpc) is 2.68. The summed E-state index contributed by atoms with van der Waals surface area (Å²) in [5.41, 5.74) is 4.50. The molecule has 0 bridgehead atoms. The van der Waals surface area contributed by atoms with E-state index < -0.39 is 22.5 Å². The summed E-state index contributed by atoms with van der Waals surface area (Å²) < 4.78 is 30.7. The number of carbonyl (C=O) groups excluding carboxylic acids is 1. The topological polar surface area (TPSA) is 88.1 Å². The van der Waals surface area contributed by atoms with Gasteiger partial charge in [-0.25, -0.2) is 13.8 Å². The molecule has 0 heterocycles. The number of nitrogens with one attached hydrogen (secondary N) is 1. The number of nitrogens with zero attached hydrogens (tertiary/aromatic N) is 2. The molecule has 1 N–H and O–H groups in total. The van der Waals surface area contributed by atoms with Gasteiger partial charge in [0.15, 0.2) is 0 Å². The third-order valence-corrected chi connectivity index (χ3v) is 5.45. The number of halogens is 1. The van der Waals surface area contributed by atoms with E-state index in [-0.39, 0.29) is 11.4 Å². The molecule has 0 aliphatic rings. The Kier molecular flexibility index (Phi) is 8.04. The number of rotatable bonds is 9. The van der Waals surface area contributed by atoms with Gasteiger partial charge in [-0.05, 0) is 43.5 Å². The molecule has 0 aliphatic carbocycles. The number of methoxy groups -OCH3 is 1. The Hall–Kier alpha value is -2.58. The van der Waals surface area contributed by atoms with Crippen LogP contribution in [0.5, 0.6) is 5.75 Å². The van der Waals surface area contributed by atoms with Gasteiger partial charge in [0.05, 0.1) is 19.1 Å². The van der Waals surface area contributed by atoms with Crippen molar-refractivity contribution < 1.29 is 17.9 Å². The summed E-state index contributed by atoms with van der Waals surface area (Å²) in [6, 6.07) is 14.5. The first-order valence-electron chi connectivity index (χ1n) is 8.88. The van der Waals surface area contributed by atoms with E-state index in [1.54, 1.807) is 19.1 Å². The largest absolute Gasteiger partial charge is 0.495 e. The van der Waals surface area contributed by atoms with Crippen LogP contribution in [0.15, 0.2) is 53.6 Å². The predicted octanol–water partition coefficient (Wildman–Crippen LogP) is 3.24. The van der Waals surface area contributed by atoms with Crippen molar-refractivity contribution in [2.45, 2.75) is 19.8 Å². The zero-order chi connectivity index (χ0) is 21.4. The number of hydrogen-bond donors (Lipinski definition) is 1. The van der Waals surface area contributed by atoms with E-state index in [0.29, 0.717) is 11.4 Å². The molecule has 0 radical (unpaired) electrons. The highest BCUT2D eigenvalue weighted by Crippen LogP contribution is 2.32. The van der Waals surface area contributed by atoms with Gasteiger partial charge in [-0.3, -0.25) is 9.10 Å². The van der Waals surface area contributed by atoms with E-state index in [1.165, 1.54) is 18.7 Å². The van der Waals surface area contributed by atoms with E-state index in [9.17, 15) is 13.2 Å². The Bertz CT molecular complexity index is 978. The lowest BCUT2D eigenvalue weighted by molar-refractivity contribution is -0.119. The van der Waals surface area contributed by atoms with Gasteiger partial charge in [0.2, 0.25) is 10.0 Å². The van der Waals surface area contributed by atoms with Crippen LogP contribution >= 0.6 is 11.6 Å². The first kappa shape index (κ1) is 22.7. The van der Waals surface area contributed by atoms with Crippen LogP contribution in [0.4, 0.5) is 5.69 Å². The second kappa shape index (κ2) is 10.3. The fourth-order valence-electron chi connectivity index (χ4n) is 2.59. The minimum atomic E-state index is -3.76. The fourth-order valence-corrected chi connectivity index (χ4v) is 3.61. The maximum Gasteiger partial charge on any atom is 0.260 e. The summed E-state index contributed by atoms with van der Waals surface area (Å²) in [7, 11) is -2.35. The maximum atomic E-state index is 12.3. The highest BCUT2D eigenvalue weighted by Gasteiger charge is 2.24. The van der Waals surface area contributed by atoms with E-state index >= 15 is 0 Å². The third-order valence-electron chi connectivity index (χ3n) is 4.09. The molecule has 156 valence electrons. The molecule has 0 saturated carbocycles. The van der Waals surface area contributed by atoms with Crippen LogP contribution in [0.3, 0.4) is 0 Å². The Labute approximate surface area is 176 Å². The second-order valence-corrected chi connectivity index (χ2v) is 8.80. The van der Waals surface area contributed by atoms with Crippen LogP contribution in [-0.4, -0.2) is 39.9 Å². The number of hydrogen-bond acceptors (Lipinski definition) is 5. The quantitative estimate of drug-likeness (QED) is 0.481. The molecular formula is C20H24ClN3O4S. The molecule has 2 rings (SSSR count). The molecule has 0 aromatic heterocycles. The molecule has 0 fully saturated rings. The standard InChI is InChI=1S/C20H24ClN3O4S/c1-15(9-10-16-7-5-4-6-8-16)22-23-20(25)14-24(29(3,26)27)18-13-17(21)11-12-19(18)28-2/h4-8,11-13H,9-10,14H2,1-3H3,(H,23,25)/b22-15-. The SMILES string of the molecule is COc1ccc(Cl)cc1N(CC(=O)N/N=C(/C)CCc1ccccc1)S(C)(=O)=O. The van der Waals surface area contributed by atoms with Crippen molar-refractivity contribution in [3.63, 3.8) is 0 Å².